The Balaban J connectivity index is 2.17. The molecule has 1 fully saturated rings. The molecule has 1 aliphatic rings. The molecular weight excluding hydrogens is 258 g/mol. The van der Waals surface area contributed by atoms with Gasteiger partial charge in [-0.05, 0) is 56.9 Å². The number of aromatic carboxylic acids is 1. The molecule has 0 aromatic heterocycles. The van der Waals surface area contributed by atoms with E-state index in [0.29, 0.717) is 17.7 Å². The van der Waals surface area contributed by atoms with Gasteiger partial charge in [0.1, 0.15) is 6.10 Å². The molecule has 0 spiro atoms. The second-order valence-corrected chi connectivity index (χ2v) is 5.27. The molecule has 5 heteroatoms. The van der Waals surface area contributed by atoms with Crippen LogP contribution in [0.25, 0.3) is 0 Å². The van der Waals surface area contributed by atoms with Crippen molar-refractivity contribution >= 4 is 17.6 Å². The number of carboxylic acid groups (broad SMARTS) is 1. The Labute approximate surface area is 117 Å². The summed E-state index contributed by atoms with van der Waals surface area (Å²) in [4.78, 5) is 23.2. The van der Waals surface area contributed by atoms with Crippen LogP contribution in [0.15, 0.2) is 12.1 Å². The summed E-state index contributed by atoms with van der Waals surface area (Å²) in [7, 11) is 0. The first kappa shape index (κ1) is 14.5. The van der Waals surface area contributed by atoms with Crippen LogP contribution in [-0.4, -0.2) is 29.2 Å². The van der Waals surface area contributed by atoms with Crippen LogP contribution < -0.4 is 5.32 Å². The molecule has 5 nitrogen and oxygen atoms in total. The van der Waals surface area contributed by atoms with E-state index in [1.165, 1.54) is 6.07 Å². The second-order valence-electron chi connectivity index (χ2n) is 5.27. The number of benzene rings is 1. The molecule has 1 aromatic carbocycles. The first-order chi connectivity index (χ1) is 9.38. The highest BCUT2D eigenvalue weighted by molar-refractivity contribution is 5.97. The molecule has 2 N–H and O–H groups in total. The van der Waals surface area contributed by atoms with Crippen LogP contribution in [-0.2, 0) is 9.53 Å². The summed E-state index contributed by atoms with van der Waals surface area (Å²) in [6.07, 6.45) is 1.22. The van der Waals surface area contributed by atoms with Crippen molar-refractivity contribution in [3.8, 4) is 0 Å². The summed E-state index contributed by atoms with van der Waals surface area (Å²) in [6.45, 7) is 5.52. The summed E-state index contributed by atoms with van der Waals surface area (Å²) >= 11 is 0. The van der Waals surface area contributed by atoms with E-state index in [2.05, 4.69) is 5.32 Å². The molecule has 1 aliphatic heterocycles. The lowest BCUT2D eigenvalue weighted by molar-refractivity contribution is -0.126. The smallest absolute Gasteiger partial charge is 0.336 e. The highest BCUT2D eigenvalue weighted by atomic mass is 16.5. The van der Waals surface area contributed by atoms with E-state index < -0.39 is 12.1 Å². The fraction of sp³-hybridized carbons (Fsp3) is 0.467. The number of aryl methyl sites for hydroxylation is 1. The Morgan fingerprint density at radius 3 is 2.55 bits per heavy atom. The molecule has 1 heterocycles. The summed E-state index contributed by atoms with van der Waals surface area (Å²) in [5, 5.41) is 11.9. The van der Waals surface area contributed by atoms with E-state index in [4.69, 9.17) is 9.84 Å². The van der Waals surface area contributed by atoms with Crippen molar-refractivity contribution in [2.24, 2.45) is 0 Å². The SMILES string of the molecule is Cc1cc(NC(=O)C2CCC(C)O2)cc(C(=O)O)c1C. The van der Waals surface area contributed by atoms with Crippen molar-refractivity contribution in [2.45, 2.75) is 45.8 Å². The van der Waals surface area contributed by atoms with E-state index in [0.717, 1.165) is 12.0 Å². The number of carbonyl (C=O) groups excluding carboxylic acids is 1. The maximum atomic E-state index is 12.1. The number of nitrogens with one attached hydrogen (secondary N) is 1. The zero-order chi connectivity index (χ0) is 14.9. The van der Waals surface area contributed by atoms with Gasteiger partial charge in [0.25, 0.3) is 5.91 Å². The first-order valence-electron chi connectivity index (χ1n) is 6.69. The van der Waals surface area contributed by atoms with Gasteiger partial charge in [0.05, 0.1) is 11.7 Å². The number of hydrogen-bond acceptors (Lipinski definition) is 3. The zero-order valence-corrected chi connectivity index (χ0v) is 11.9. The Kier molecular flexibility index (Phi) is 4.09. The Morgan fingerprint density at radius 2 is 2.00 bits per heavy atom. The molecule has 20 heavy (non-hydrogen) atoms. The van der Waals surface area contributed by atoms with Gasteiger partial charge in [-0.25, -0.2) is 4.79 Å². The number of carbonyl (C=O) groups is 2. The lowest BCUT2D eigenvalue weighted by Gasteiger charge is -2.14. The number of carboxylic acids is 1. The van der Waals surface area contributed by atoms with Crippen LogP contribution in [0.2, 0.25) is 0 Å². The second kappa shape index (κ2) is 5.63. The van der Waals surface area contributed by atoms with Gasteiger partial charge in [-0.3, -0.25) is 4.79 Å². The fourth-order valence-electron chi connectivity index (χ4n) is 2.37. The number of amides is 1. The van der Waals surface area contributed by atoms with Gasteiger partial charge >= 0.3 is 5.97 Å². The van der Waals surface area contributed by atoms with Crippen LogP contribution >= 0.6 is 0 Å². The van der Waals surface area contributed by atoms with Gasteiger partial charge in [-0.15, -0.1) is 0 Å². The molecule has 2 atom stereocenters. The van der Waals surface area contributed by atoms with Crippen LogP contribution in [0, 0.1) is 13.8 Å². The quantitative estimate of drug-likeness (QED) is 0.890. The third kappa shape index (κ3) is 2.99. The monoisotopic (exact) mass is 277 g/mol. The Bertz CT molecular complexity index is 553. The maximum absolute atomic E-state index is 12.1. The van der Waals surface area contributed by atoms with E-state index in [1.54, 1.807) is 13.0 Å². The van der Waals surface area contributed by atoms with E-state index >= 15 is 0 Å². The highest BCUT2D eigenvalue weighted by Crippen LogP contribution is 2.23. The van der Waals surface area contributed by atoms with Crippen molar-refractivity contribution in [1.29, 1.82) is 0 Å². The predicted octanol–water partition coefficient (Wildman–Crippen LogP) is 2.51. The Hall–Kier alpha value is -1.88. The summed E-state index contributed by atoms with van der Waals surface area (Å²) < 4.78 is 5.50. The van der Waals surface area contributed by atoms with Crippen LogP contribution in [0.4, 0.5) is 5.69 Å². The number of ether oxygens (including phenoxy) is 1. The van der Waals surface area contributed by atoms with Gasteiger partial charge < -0.3 is 15.2 Å². The highest BCUT2D eigenvalue weighted by Gasteiger charge is 2.28. The molecule has 2 unspecified atom stereocenters. The van der Waals surface area contributed by atoms with Crippen LogP contribution in [0.5, 0.6) is 0 Å². The van der Waals surface area contributed by atoms with Crippen molar-refractivity contribution in [3.63, 3.8) is 0 Å². The van der Waals surface area contributed by atoms with Gasteiger partial charge in [0.2, 0.25) is 0 Å². The van der Waals surface area contributed by atoms with Crippen molar-refractivity contribution in [3.05, 3.63) is 28.8 Å². The molecule has 0 radical (unpaired) electrons. The molecule has 2 rings (SSSR count). The average Bonchev–Trinajstić information content (AvgIpc) is 2.80. The normalized spacial score (nSPS) is 21.8. The molecule has 0 bridgehead atoms. The molecule has 1 saturated heterocycles. The van der Waals surface area contributed by atoms with E-state index in [1.807, 2.05) is 13.8 Å². The standard InChI is InChI=1S/C15H19NO4/c1-8-6-11(7-12(10(8)3)15(18)19)16-14(17)13-5-4-9(2)20-13/h6-7,9,13H,4-5H2,1-3H3,(H,16,17)(H,18,19). The first-order valence-corrected chi connectivity index (χ1v) is 6.69. The lowest BCUT2D eigenvalue weighted by Crippen LogP contribution is -2.27. The minimum Gasteiger partial charge on any atom is -0.478 e. The Morgan fingerprint density at radius 1 is 1.30 bits per heavy atom. The topological polar surface area (TPSA) is 75.6 Å². The minimum atomic E-state index is -0.993. The van der Waals surface area contributed by atoms with Crippen molar-refractivity contribution < 1.29 is 19.4 Å². The lowest BCUT2D eigenvalue weighted by atomic mass is 10.0. The number of rotatable bonds is 3. The van der Waals surface area contributed by atoms with Gasteiger partial charge in [0, 0.05) is 5.69 Å². The fourth-order valence-corrected chi connectivity index (χ4v) is 2.37. The largest absolute Gasteiger partial charge is 0.478 e. The third-order valence-corrected chi connectivity index (χ3v) is 3.69. The molecule has 0 aliphatic carbocycles. The van der Waals surface area contributed by atoms with Crippen LogP contribution in [0.1, 0.15) is 41.3 Å². The van der Waals surface area contributed by atoms with Gasteiger partial charge in [-0.2, -0.15) is 0 Å². The van der Waals surface area contributed by atoms with Gasteiger partial charge in [-0.1, -0.05) is 0 Å². The summed E-state index contributed by atoms with van der Waals surface area (Å²) in [5.41, 5.74) is 2.25. The molecule has 0 saturated carbocycles. The number of anilines is 1. The van der Waals surface area contributed by atoms with E-state index in [9.17, 15) is 9.59 Å². The van der Waals surface area contributed by atoms with Crippen LogP contribution in [0.3, 0.4) is 0 Å². The third-order valence-electron chi connectivity index (χ3n) is 3.69. The maximum Gasteiger partial charge on any atom is 0.336 e. The average molecular weight is 277 g/mol. The zero-order valence-electron chi connectivity index (χ0n) is 11.9. The summed E-state index contributed by atoms with van der Waals surface area (Å²) in [5.74, 6) is -1.21. The molecule has 1 amide bonds. The molecule has 108 valence electrons. The van der Waals surface area contributed by atoms with E-state index in [-0.39, 0.29) is 17.6 Å². The molecular formula is C15H19NO4. The predicted molar refractivity (Wildman–Crippen MR) is 75.1 cm³/mol. The van der Waals surface area contributed by atoms with Crippen molar-refractivity contribution in [2.75, 3.05) is 5.32 Å². The molecule has 1 aromatic rings. The minimum absolute atomic E-state index is 0.0973. The summed E-state index contributed by atoms with van der Waals surface area (Å²) in [6, 6.07) is 3.26. The van der Waals surface area contributed by atoms with Gasteiger partial charge in [0.15, 0.2) is 0 Å². The van der Waals surface area contributed by atoms with Crippen molar-refractivity contribution in [1.82, 2.24) is 0 Å². The number of hydrogen-bond donors (Lipinski definition) is 2.